The molecule has 1 rings (SSSR count). The van der Waals surface area contributed by atoms with Gasteiger partial charge in [0.05, 0.1) is 13.2 Å². The fraction of sp³-hybridized carbons (Fsp3) is 0.500. The molecule has 0 aliphatic carbocycles. The van der Waals surface area contributed by atoms with Crippen LogP contribution in [0.1, 0.15) is 43.1 Å². The molecular weight excluding hydrogens is 306 g/mol. The Morgan fingerprint density at radius 1 is 1.27 bits per heavy atom. The number of nitrogens with zero attached hydrogens (tertiary/aromatic N) is 1. The third-order valence-electron chi connectivity index (χ3n) is 3.06. The first-order valence-corrected chi connectivity index (χ1v) is 7.18. The van der Waals surface area contributed by atoms with E-state index in [1.54, 1.807) is 18.2 Å². The lowest BCUT2D eigenvalue weighted by molar-refractivity contribution is -0.138. The van der Waals surface area contributed by atoms with Crippen molar-refractivity contribution < 1.29 is 19.4 Å². The van der Waals surface area contributed by atoms with Gasteiger partial charge in [0.15, 0.2) is 5.78 Å². The standard InChI is InChI=1S/C16H23NO4.ClH/c1-4-8-17(11-16(19)20)10-14-9-13(12(3)18)6-7-15(14)21-5-2;/h6-7,9H,4-5,8,10-11H2,1-3H3,(H,19,20);1H. The zero-order valence-corrected chi connectivity index (χ0v) is 14.1. The number of hydrogen-bond acceptors (Lipinski definition) is 4. The molecule has 0 unspecified atom stereocenters. The molecule has 0 radical (unpaired) electrons. The topological polar surface area (TPSA) is 66.8 Å². The van der Waals surface area contributed by atoms with Crippen molar-refractivity contribution in [3.63, 3.8) is 0 Å². The number of carboxylic acid groups (broad SMARTS) is 1. The van der Waals surface area contributed by atoms with Crippen LogP contribution in [0.3, 0.4) is 0 Å². The third kappa shape index (κ3) is 6.45. The van der Waals surface area contributed by atoms with Gasteiger partial charge in [-0.05, 0) is 45.0 Å². The van der Waals surface area contributed by atoms with E-state index in [-0.39, 0.29) is 24.7 Å². The summed E-state index contributed by atoms with van der Waals surface area (Å²) in [5, 5.41) is 8.98. The van der Waals surface area contributed by atoms with E-state index >= 15 is 0 Å². The summed E-state index contributed by atoms with van der Waals surface area (Å²) in [5.41, 5.74) is 1.46. The van der Waals surface area contributed by atoms with Crippen molar-refractivity contribution in [3.8, 4) is 5.75 Å². The second-order valence-electron chi connectivity index (χ2n) is 4.92. The highest BCUT2D eigenvalue weighted by Crippen LogP contribution is 2.22. The van der Waals surface area contributed by atoms with Crippen molar-refractivity contribution in [2.75, 3.05) is 19.7 Å². The average Bonchev–Trinajstić information content (AvgIpc) is 2.40. The Morgan fingerprint density at radius 3 is 2.45 bits per heavy atom. The van der Waals surface area contributed by atoms with Crippen LogP contribution < -0.4 is 4.74 Å². The number of carbonyl (C=O) groups is 2. The first-order chi connectivity index (χ1) is 9.97. The number of halogens is 1. The van der Waals surface area contributed by atoms with Crippen LogP contribution in [0.4, 0.5) is 0 Å². The van der Waals surface area contributed by atoms with Gasteiger partial charge in [-0.3, -0.25) is 14.5 Å². The molecule has 0 atom stereocenters. The Balaban J connectivity index is 0.00000441. The second-order valence-corrected chi connectivity index (χ2v) is 4.92. The van der Waals surface area contributed by atoms with Gasteiger partial charge in [0.1, 0.15) is 5.75 Å². The summed E-state index contributed by atoms with van der Waals surface area (Å²) >= 11 is 0. The summed E-state index contributed by atoms with van der Waals surface area (Å²) in [6.45, 7) is 7.05. The molecule has 1 aromatic rings. The second kappa shape index (κ2) is 10.2. The number of ketones is 1. The van der Waals surface area contributed by atoms with E-state index in [2.05, 4.69) is 0 Å². The molecule has 0 saturated heterocycles. The van der Waals surface area contributed by atoms with E-state index in [1.165, 1.54) is 6.92 Å². The Bertz CT molecular complexity index is 505. The summed E-state index contributed by atoms with van der Waals surface area (Å²) < 4.78 is 5.57. The fourth-order valence-corrected chi connectivity index (χ4v) is 2.18. The van der Waals surface area contributed by atoms with Crippen LogP contribution in [0.2, 0.25) is 0 Å². The van der Waals surface area contributed by atoms with Gasteiger partial charge < -0.3 is 9.84 Å². The molecule has 0 heterocycles. The first-order valence-electron chi connectivity index (χ1n) is 7.18. The zero-order valence-electron chi connectivity index (χ0n) is 13.3. The summed E-state index contributed by atoms with van der Waals surface area (Å²) in [5.74, 6) is -0.169. The van der Waals surface area contributed by atoms with E-state index < -0.39 is 5.97 Å². The van der Waals surface area contributed by atoms with Crippen LogP contribution in [-0.2, 0) is 11.3 Å². The third-order valence-corrected chi connectivity index (χ3v) is 3.06. The number of hydrogen-bond donors (Lipinski definition) is 1. The van der Waals surface area contributed by atoms with Crippen molar-refractivity contribution >= 4 is 24.2 Å². The lowest BCUT2D eigenvalue weighted by Crippen LogP contribution is -2.30. The van der Waals surface area contributed by atoms with Crippen molar-refractivity contribution in [1.82, 2.24) is 4.90 Å². The van der Waals surface area contributed by atoms with E-state index in [4.69, 9.17) is 9.84 Å². The van der Waals surface area contributed by atoms with E-state index in [1.807, 2.05) is 18.7 Å². The quantitative estimate of drug-likeness (QED) is 0.705. The maximum atomic E-state index is 11.5. The first kappa shape index (κ1) is 20.4. The smallest absolute Gasteiger partial charge is 0.317 e. The molecule has 0 aliphatic heterocycles. The van der Waals surface area contributed by atoms with Gasteiger partial charge in [0, 0.05) is 17.7 Å². The number of benzene rings is 1. The number of carbonyl (C=O) groups excluding carboxylic acids is 1. The zero-order chi connectivity index (χ0) is 15.8. The van der Waals surface area contributed by atoms with Crippen LogP contribution in [-0.4, -0.2) is 41.5 Å². The van der Waals surface area contributed by atoms with Crippen LogP contribution in [0.15, 0.2) is 18.2 Å². The Hall–Kier alpha value is -1.59. The summed E-state index contributed by atoms with van der Waals surface area (Å²) in [6.07, 6.45) is 0.865. The molecule has 124 valence electrons. The van der Waals surface area contributed by atoms with Gasteiger partial charge in [-0.15, -0.1) is 12.4 Å². The number of carboxylic acids is 1. The molecule has 0 amide bonds. The van der Waals surface area contributed by atoms with Crippen LogP contribution >= 0.6 is 12.4 Å². The monoisotopic (exact) mass is 329 g/mol. The SMILES string of the molecule is CCCN(CC(=O)O)Cc1cc(C(C)=O)ccc1OCC.Cl. The molecule has 1 N–H and O–H groups in total. The predicted octanol–water partition coefficient (Wildman–Crippen LogP) is 3.01. The van der Waals surface area contributed by atoms with Crippen molar-refractivity contribution in [2.24, 2.45) is 0 Å². The van der Waals surface area contributed by atoms with Gasteiger partial charge in [-0.1, -0.05) is 6.92 Å². The molecule has 0 fully saturated rings. The van der Waals surface area contributed by atoms with E-state index in [0.717, 1.165) is 12.0 Å². The minimum Gasteiger partial charge on any atom is -0.494 e. The molecule has 22 heavy (non-hydrogen) atoms. The largest absolute Gasteiger partial charge is 0.494 e. The highest BCUT2D eigenvalue weighted by molar-refractivity contribution is 5.94. The van der Waals surface area contributed by atoms with Gasteiger partial charge in [0.2, 0.25) is 0 Å². The molecule has 0 saturated carbocycles. The molecule has 0 bridgehead atoms. The lowest BCUT2D eigenvalue weighted by atomic mass is 10.1. The molecule has 6 heteroatoms. The van der Waals surface area contributed by atoms with Crippen LogP contribution in [0.5, 0.6) is 5.75 Å². The van der Waals surface area contributed by atoms with Gasteiger partial charge in [-0.25, -0.2) is 0 Å². The number of rotatable bonds is 9. The van der Waals surface area contributed by atoms with Crippen molar-refractivity contribution in [2.45, 2.75) is 33.7 Å². The highest BCUT2D eigenvalue weighted by atomic mass is 35.5. The molecular formula is C16H24ClNO4. The molecule has 0 aliphatic rings. The Kier molecular flexibility index (Phi) is 9.45. The normalized spacial score (nSPS) is 10.2. The number of ether oxygens (including phenoxy) is 1. The minimum atomic E-state index is -0.857. The van der Waals surface area contributed by atoms with Gasteiger partial charge in [0.25, 0.3) is 0 Å². The van der Waals surface area contributed by atoms with Crippen molar-refractivity contribution in [1.29, 1.82) is 0 Å². The van der Waals surface area contributed by atoms with E-state index in [0.29, 0.717) is 31.0 Å². The van der Waals surface area contributed by atoms with Gasteiger partial charge >= 0.3 is 5.97 Å². The van der Waals surface area contributed by atoms with Crippen LogP contribution in [0.25, 0.3) is 0 Å². The van der Waals surface area contributed by atoms with Gasteiger partial charge in [-0.2, -0.15) is 0 Å². The molecule has 0 spiro atoms. The Morgan fingerprint density at radius 2 is 1.95 bits per heavy atom. The summed E-state index contributed by atoms with van der Waals surface area (Å²) in [7, 11) is 0. The lowest BCUT2D eigenvalue weighted by Gasteiger charge is -2.21. The number of Topliss-reactive ketones (excluding diaryl/α,β-unsaturated/α-hetero) is 1. The summed E-state index contributed by atoms with van der Waals surface area (Å²) in [4.78, 5) is 24.3. The minimum absolute atomic E-state index is 0. The number of aliphatic carboxylic acids is 1. The maximum absolute atomic E-state index is 11.5. The maximum Gasteiger partial charge on any atom is 0.317 e. The van der Waals surface area contributed by atoms with E-state index in [9.17, 15) is 9.59 Å². The van der Waals surface area contributed by atoms with Crippen molar-refractivity contribution in [3.05, 3.63) is 29.3 Å². The predicted molar refractivity (Wildman–Crippen MR) is 88.1 cm³/mol. The highest BCUT2D eigenvalue weighted by Gasteiger charge is 2.14. The fourth-order valence-electron chi connectivity index (χ4n) is 2.18. The summed E-state index contributed by atoms with van der Waals surface area (Å²) in [6, 6.07) is 5.30. The van der Waals surface area contributed by atoms with Crippen LogP contribution in [0, 0.1) is 0 Å². The Labute approximate surface area is 137 Å². The molecule has 1 aromatic carbocycles. The molecule has 0 aromatic heterocycles. The average molecular weight is 330 g/mol. The molecule has 5 nitrogen and oxygen atoms in total.